The molecule has 0 saturated carbocycles. The molecule has 0 bridgehead atoms. The van der Waals surface area contributed by atoms with E-state index in [1.54, 1.807) is 7.05 Å². The number of benzene rings is 3. The molecule has 0 unspecified atom stereocenters. The van der Waals surface area contributed by atoms with Crippen molar-refractivity contribution in [3.05, 3.63) is 107 Å². The fourth-order valence-corrected chi connectivity index (χ4v) is 5.48. The van der Waals surface area contributed by atoms with Gasteiger partial charge in [0.15, 0.2) is 4.96 Å². The first kappa shape index (κ1) is 24.5. The molecule has 0 saturated heterocycles. The van der Waals surface area contributed by atoms with Crippen molar-refractivity contribution in [3.8, 4) is 21.7 Å². The van der Waals surface area contributed by atoms with Crippen LogP contribution >= 0.6 is 11.3 Å². The van der Waals surface area contributed by atoms with Gasteiger partial charge < -0.3 is 10.6 Å². The summed E-state index contributed by atoms with van der Waals surface area (Å²) in [6.45, 7) is 6.00. The van der Waals surface area contributed by atoms with Gasteiger partial charge in [-0.05, 0) is 49.6 Å². The second-order valence-electron chi connectivity index (χ2n) is 9.48. The van der Waals surface area contributed by atoms with Crippen LogP contribution in [0.3, 0.4) is 0 Å². The molecule has 0 aliphatic carbocycles. The molecule has 2 aromatic heterocycles. The zero-order chi connectivity index (χ0) is 26.2. The third kappa shape index (κ3) is 4.66. The average molecular weight is 509 g/mol. The molecule has 2 heterocycles. The lowest BCUT2D eigenvalue weighted by Gasteiger charge is -2.27. The highest BCUT2D eigenvalue weighted by Gasteiger charge is 2.25. The van der Waals surface area contributed by atoms with E-state index in [-0.39, 0.29) is 11.8 Å². The predicted octanol–water partition coefficient (Wildman–Crippen LogP) is 6.06. The molecule has 2 N–H and O–H groups in total. The zero-order valence-electron chi connectivity index (χ0n) is 21.2. The third-order valence-corrected chi connectivity index (χ3v) is 7.52. The van der Waals surface area contributed by atoms with Crippen LogP contribution in [-0.4, -0.2) is 28.2 Å². The highest BCUT2D eigenvalue weighted by molar-refractivity contribution is 7.20. The third-order valence-electron chi connectivity index (χ3n) is 6.50. The van der Waals surface area contributed by atoms with Crippen molar-refractivity contribution in [3.63, 3.8) is 0 Å². The summed E-state index contributed by atoms with van der Waals surface area (Å²) in [5.41, 5.74) is 5.07. The van der Waals surface area contributed by atoms with Gasteiger partial charge in [-0.2, -0.15) is 0 Å². The normalized spacial score (nSPS) is 11.5. The predicted molar refractivity (Wildman–Crippen MR) is 149 cm³/mol. The number of hydrogen-bond donors (Lipinski definition) is 2. The van der Waals surface area contributed by atoms with Crippen LogP contribution in [0.5, 0.6) is 0 Å². The van der Waals surface area contributed by atoms with E-state index in [0.29, 0.717) is 21.9 Å². The van der Waals surface area contributed by atoms with Crippen molar-refractivity contribution in [2.24, 2.45) is 0 Å². The average Bonchev–Trinajstić information content (AvgIpc) is 3.47. The number of hydrogen-bond acceptors (Lipinski definition) is 4. The molecule has 0 spiro atoms. The summed E-state index contributed by atoms with van der Waals surface area (Å²) in [4.78, 5) is 32.6. The number of nitrogens with one attached hydrogen (secondary N) is 2. The molecular weight excluding hydrogens is 480 g/mol. The van der Waals surface area contributed by atoms with E-state index in [4.69, 9.17) is 4.98 Å². The summed E-state index contributed by atoms with van der Waals surface area (Å²) < 4.78 is 1.84. The second kappa shape index (κ2) is 9.67. The zero-order valence-corrected chi connectivity index (χ0v) is 22.0. The summed E-state index contributed by atoms with van der Waals surface area (Å²) >= 11 is 1.49. The van der Waals surface area contributed by atoms with Crippen molar-refractivity contribution >= 4 is 28.1 Å². The summed E-state index contributed by atoms with van der Waals surface area (Å²) in [6.07, 6.45) is 1.93. The van der Waals surface area contributed by atoms with E-state index in [1.165, 1.54) is 11.3 Å². The number of carbonyl (C=O) groups is 2. The van der Waals surface area contributed by atoms with Gasteiger partial charge in [0.2, 0.25) is 0 Å². The Kier molecular flexibility index (Phi) is 6.39. The van der Waals surface area contributed by atoms with Crippen molar-refractivity contribution in [2.75, 3.05) is 7.05 Å². The van der Waals surface area contributed by atoms with Crippen LogP contribution in [0, 0.1) is 6.92 Å². The maximum absolute atomic E-state index is 13.3. The number of rotatable bonds is 6. The second-order valence-corrected chi connectivity index (χ2v) is 10.5. The Bertz CT molecular complexity index is 1600. The number of aryl methyl sites for hydroxylation is 1. The minimum absolute atomic E-state index is 0.145. The highest BCUT2D eigenvalue weighted by Crippen LogP contribution is 2.35. The fourth-order valence-electron chi connectivity index (χ4n) is 4.41. The van der Waals surface area contributed by atoms with Crippen molar-refractivity contribution in [1.29, 1.82) is 0 Å². The fraction of sp³-hybridized carbons (Fsp3) is 0.167. The first-order valence-electron chi connectivity index (χ1n) is 12.1. The smallest absolute Gasteiger partial charge is 0.270 e. The molecule has 2 amide bonds. The molecule has 0 aliphatic heterocycles. The van der Waals surface area contributed by atoms with E-state index in [1.807, 2.05) is 110 Å². The molecule has 6 nitrogen and oxygen atoms in total. The van der Waals surface area contributed by atoms with E-state index >= 15 is 0 Å². The van der Waals surface area contributed by atoms with Crippen LogP contribution in [0.15, 0.2) is 85.1 Å². The van der Waals surface area contributed by atoms with Gasteiger partial charge in [0.05, 0.1) is 10.4 Å². The van der Waals surface area contributed by atoms with Gasteiger partial charge in [-0.15, -0.1) is 0 Å². The summed E-state index contributed by atoms with van der Waals surface area (Å²) in [6, 6.07) is 25.3. The summed E-state index contributed by atoms with van der Waals surface area (Å²) in [5.74, 6) is -0.349. The van der Waals surface area contributed by atoms with Crippen LogP contribution in [-0.2, 0) is 5.54 Å². The number of carbonyl (C=O) groups excluding carboxylic acids is 2. The number of aromatic nitrogens is 2. The Labute approximate surface area is 220 Å². The standard InChI is InChI=1S/C30H28N4O2S/c1-19-15-16-21(27(35)33-30(2,3)22-13-9-6-10-14-22)17-23(19)24-18-34-26(28(36)31-4)25(32-29(34)37-24)20-11-7-5-8-12-20/h5-18H,1-4H3,(H,31,36)(H,33,35). The lowest BCUT2D eigenvalue weighted by molar-refractivity contribution is 0.0910. The molecule has 186 valence electrons. The quantitative estimate of drug-likeness (QED) is 0.293. The number of nitrogens with zero attached hydrogens (tertiary/aromatic N) is 2. The van der Waals surface area contributed by atoms with Gasteiger partial charge in [-0.25, -0.2) is 4.98 Å². The van der Waals surface area contributed by atoms with E-state index < -0.39 is 5.54 Å². The Hall–Kier alpha value is -4.23. The molecule has 7 heteroatoms. The Balaban J connectivity index is 1.52. The van der Waals surface area contributed by atoms with Gasteiger partial charge in [-0.1, -0.05) is 78.1 Å². The number of fused-ring (bicyclic) bond motifs is 1. The maximum atomic E-state index is 13.3. The number of thiazole rings is 1. The van der Waals surface area contributed by atoms with Crippen LogP contribution in [0.2, 0.25) is 0 Å². The molecule has 0 fully saturated rings. The molecule has 0 atom stereocenters. The van der Waals surface area contributed by atoms with Crippen molar-refractivity contribution in [1.82, 2.24) is 20.0 Å². The maximum Gasteiger partial charge on any atom is 0.270 e. The lowest BCUT2D eigenvalue weighted by Crippen LogP contribution is -2.40. The monoisotopic (exact) mass is 508 g/mol. The molecule has 37 heavy (non-hydrogen) atoms. The van der Waals surface area contributed by atoms with Gasteiger partial charge in [0.1, 0.15) is 11.4 Å². The first-order valence-corrected chi connectivity index (χ1v) is 12.9. The van der Waals surface area contributed by atoms with E-state index in [0.717, 1.165) is 27.1 Å². The molecule has 3 aromatic carbocycles. The van der Waals surface area contributed by atoms with E-state index in [9.17, 15) is 9.59 Å². The Morgan fingerprint density at radius 1 is 0.919 bits per heavy atom. The van der Waals surface area contributed by atoms with Gasteiger partial charge >= 0.3 is 0 Å². The van der Waals surface area contributed by atoms with E-state index in [2.05, 4.69) is 10.6 Å². The van der Waals surface area contributed by atoms with Crippen LogP contribution in [0.1, 0.15) is 45.8 Å². The van der Waals surface area contributed by atoms with Gasteiger partial charge in [0, 0.05) is 24.4 Å². The first-order chi connectivity index (χ1) is 17.8. The molecule has 0 radical (unpaired) electrons. The summed E-state index contributed by atoms with van der Waals surface area (Å²) in [5, 5.41) is 5.90. The van der Waals surface area contributed by atoms with Crippen LogP contribution < -0.4 is 10.6 Å². The number of imidazole rings is 1. The molecular formula is C30H28N4O2S. The Morgan fingerprint density at radius 3 is 2.27 bits per heavy atom. The molecule has 5 rings (SSSR count). The largest absolute Gasteiger partial charge is 0.354 e. The minimum Gasteiger partial charge on any atom is -0.354 e. The van der Waals surface area contributed by atoms with Crippen molar-refractivity contribution in [2.45, 2.75) is 26.3 Å². The topological polar surface area (TPSA) is 75.5 Å². The molecule has 0 aliphatic rings. The van der Waals surface area contributed by atoms with Crippen LogP contribution in [0.25, 0.3) is 26.7 Å². The van der Waals surface area contributed by atoms with Gasteiger partial charge in [-0.3, -0.25) is 14.0 Å². The highest BCUT2D eigenvalue weighted by atomic mass is 32.1. The number of amides is 2. The SMILES string of the molecule is CNC(=O)c1c(-c2ccccc2)nc2sc(-c3cc(C(=O)NC(C)(C)c4ccccc4)ccc3C)cn12. The van der Waals surface area contributed by atoms with Crippen LogP contribution in [0.4, 0.5) is 0 Å². The van der Waals surface area contributed by atoms with Gasteiger partial charge in [0.25, 0.3) is 11.8 Å². The molecule has 5 aromatic rings. The minimum atomic E-state index is -0.525. The Morgan fingerprint density at radius 2 is 1.59 bits per heavy atom. The van der Waals surface area contributed by atoms with Crippen molar-refractivity contribution < 1.29 is 9.59 Å². The lowest BCUT2D eigenvalue weighted by atomic mass is 9.93. The summed E-state index contributed by atoms with van der Waals surface area (Å²) in [7, 11) is 1.62.